The predicted octanol–water partition coefficient (Wildman–Crippen LogP) is 4.22. The smallest absolute Gasteiger partial charge is 0.322 e. The summed E-state index contributed by atoms with van der Waals surface area (Å²) in [4.78, 5) is 24.4. The Morgan fingerprint density at radius 2 is 2.00 bits per heavy atom. The fraction of sp³-hybridized carbons (Fsp3) is 0.333. The van der Waals surface area contributed by atoms with Crippen LogP contribution >= 0.6 is 22.7 Å². The molecular weight excluding hydrogens is 404 g/mol. The molecule has 1 unspecified atom stereocenters. The van der Waals surface area contributed by atoms with E-state index in [9.17, 15) is 4.79 Å². The Hall–Kier alpha value is -2.42. The second-order valence-corrected chi connectivity index (χ2v) is 9.08. The summed E-state index contributed by atoms with van der Waals surface area (Å²) in [6.45, 7) is 3.85. The number of pyridine rings is 1. The number of nitrogens with zero attached hydrogens (tertiary/aromatic N) is 3. The summed E-state index contributed by atoms with van der Waals surface area (Å²) in [5.41, 5.74) is 1.97. The number of ether oxygens (including phenoxy) is 1. The highest BCUT2D eigenvalue weighted by Gasteiger charge is 2.33. The van der Waals surface area contributed by atoms with Gasteiger partial charge in [0.2, 0.25) is 0 Å². The van der Waals surface area contributed by atoms with E-state index in [4.69, 9.17) is 4.74 Å². The molecule has 3 aromatic rings. The number of fused-ring (bicyclic) bond motifs is 1. The average molecular weight is 427 g/mol. The topological polar surface area (TPSA) is 57.7 Å². The number of morpholine rings is 1. The standard InChI is InChI=1S/C21H22N4O2S2/c26-21(23-15-3-4-19(22-14-15)24-8-10-27-11-9-24)25-7-5-17-16(6-13-29-17)20(25)18-2-1-12-28-18/h1-4,6,12-14,20H,5,7-11H2,(H,23,26). The molecule has 0 bridgehead atoms. The van der Waals surface area contributed by atoms with Crippen LogP contribution in [0.3, 0.4) is 0 Å². The predicted molar refractivity (Wildman–Crippen MR) is 117 cm³/mol. The Balaban J connectivity index is 1.33. The quantitative estimate of drug-likeness (QED) is 0.681. The number of urea groups is 1. The minimum atomic E-state index is -0.0822. The second-order valence-electron chi connectivity index (χ2n) is 7.10. The van der Waals surface area contributed by atoms with Crippen molar-refractivity contribution in [1.29, 1.82) is 0 Å². The molecule has 1 fully saturated rings. The zero-order chi connectivity index (χ0) is 19.6. The molecule has 5 rings (SSSR count). The fourth-order valence-electron chi connectivity index (χ4n) is 3.92. The van der Waals surface area contributed by atoms with E-state index < -0.39 is 0 Å². The van der Waals surface area contributed by atoms with Crippen molar-refractivity contribution in [2.24, 2.45) is 0 Å². The van der Waals surface area contributed by atoms with E-state index in [1.807, 2.05) is 23.1 Å². The van der Waals surface area contributed by atoms with Gasteiger partial charge in [0.15, 0.2) is 0 Å². The molecule has 5 heterocycles. The van der Waals surface area contributed by atoms with Gasteiger partial charge in [-0.15, -0.1) is 22.7 Å². The number of hydrogen-bond acceptors (Lipinski definition) is 6. The van der Waals surface area contributed by atoms with Crippen LogP contribution in [0.2, 0.25) is 0 Å². The molecule has 0 aliphatic carbocycles. The third-order valence-corrected chi connectivity index (χ3v) is 7.29. The molecule has 0 radical (unpaired) electrons. The van der Waals surface area contributed by atoms with E-state index in [0.717, 1.165) is 38.5 Å². The van der Waals surface area contributed by atoms with Crippen LogP contribution in [-0.2, 0) is 11.2 Å². The van der Waals surface area contributed by atoms with Gasteiger partial charge in [0, 0.05) is 29.4 Å². The SMILES string of the molecule is O=C(Nc1ccc(N2CCOCC2)nc1)N1CCc2sccc2C1c1cccs1. The van der Waals surface area contributed by atoms with Crippen LogP contribution in [0, 0.1) is 0 Å². The molecule has 6 nitrogen and oxygen atoms in total. The van der Waals surface area contributed by atoms with Gasteiger partial charge in [-0.05, 0) is 47.0 Å². The summed E-state index contributed by atoms with van der Waals surface area (Å²) >= 11 is 3.48. The number of amides is 2. The van der Waals surface area contributed by atoms with Crippen LogP contribution in [0.1, 0.15) is 21.4 Å². The van der Waals surface area contributed by atoms with Crippen molar-refractivity contribution in [3.8, 4) is 0 Å². The Labute approximate surface area is 177 Å². The minimum Gasteiger partial charge on any atom is -0.378 e. The Morgan fingerprint density at radius 1 is 1.10 bits per heavy atom. The maximum Gasteiger partial charge on any atom is 0.322 e. The van der Waals surface area contributed by atoms with Gasteiger partial charge in [0.1, 0.15) is 5.82 Å². The number of rotatable bonds is 3. The number of aromatic nitrogens is 1. The molecule has 0 aromatic carbocycles. The van der Waals surface area contributed by atoms with E-state index >= 15 is 0 Å². The van der Waals surface area contributed by atoms with Gasteiger partial charge in [0.05, 0.1) is 31.1 Å². The van der Waals surface area contributed by atoms with Crippen LogP contribution < -0.4 is 10.2 Å². The van der Waals surface area contributed by atoms with Crippen molar-refractivity contribution >= 4 is 40.2 Å². The van der Waals surface area contributed by atoms with Crippen molar-refractivity contribution in [3.63, 3.8) is 0 Å². The van der Waals surface area contributed by atoms with Crippen molar-refractivity contribution in [3.05, 3.63) is 62.6 Å². The summed E-state index contributed by atoms with van der Waals surface area (Å²) in [6, 6.07) is 10.1. The van der Waals surface area contributed by atoms with Gasteiger partial charge in [-0.1, -0.05) is 6.07 Å². The highest BCUT2D eigenvalue weighted by molar-refractivity contribution is 7.10. The summed E-state index contributed by atoms with van der Waals surface area (Å²) in [7, 11) is 0. The van der Waals surface area contributed by atoms with Crippen LogP contribution in [0.15, 0.2) is 47.3 Å². The summed E-state index contributed by atoms with van der Waals surface area (Å²) < 4.78 is 5.39. The van der Waals surface area contributed by atoms with E-state index in [0.29, 0.717) is 12.2 Å². The third kappa shape index (κ3) is 3.75. The van der Waals surface area contributed by atoms with Crippen LogP contribution in [-0.4, -0.2) is 48.8 Å². The molecule has 2 aliphatic rings. The maximum atomic E-state index is 13.2. The van der Waals surface area contributed by atoms with Crippen LogP contribution in [0.4, 0.5) is 16.3 Å². The average Bonchev–Trinajstić information content (AvgIpc) is 3.46. The lowest BCUT2D eigenvalue weighted by atomic mass is 9.99. The van der Waals surface area contributed by atoms with Gasteiger partial charge in [-0.25, -0.2) is 9.78 Å². The van der Waals surface area contributed by atoms with Gasteiger partial charge in [-0.2, -0.15) is 0 Å². The Bertz CT molecular complexity index is 965. The molecule has 8 heteroatoms. The molecule has 0 spiro atoms. The third-order valence-electron chi connectivity index (χ3n) is 5.37. The summed E-state index contributed by atoms with van der Waals surface area (Å²) in [5.74, 6) is 0.920. The molecule has 2 amide bonds. The largest absolute Gasteiger partial charge is 0.378 e. The molecule has 1 saturated heterocycles. The first-order valence-corrected chi connectivity index (χ1v) is 11.5. The number of thiophene rings is 2. The first kappa shape index (κ1) is 18.6. The number of carbonyl (C=O) groups excluding carboxylic acids is 1. The lowest BCUT2D eigenvalue weighted by Crippen LogP contribution is -2.42. The highest BCUT2D eigenvalue weighted by atomic mass is 32.1. The van der Waals surface area contributed by atoms with E-state index in [2.05, 4.69) is 38.1 Å². The molecule has 29 heavy (non-hydrogen) atoms. The Kier molecular flexibility index (Phi) is 5.22. The zero-order valence-corrected chi connectivity index (χ0v) is 17.5. The second kappa shape index (κ2) is 8.14. The minimum absolute atomic E-state index is 0.0226. The van der Waals surface area contributed by atoms with Gasteiger partial charge < -0.3 is 19.9 Å². The van der Waals surface area contributed by atoms with Crippen molar-refractivity contribution in [2.75, 3.05) is 43.1 Å². The zero-order valence-electron chi connectivity index (χ0n) is 15.9. The first-order chi connectivity index (χ1) is 14.3. The Morgan fingerprint density at radius 3 is 2.76 bits per heavy atom. The molecule has 1 atom stereocenters. The fourth-order valence-corrected chi connectivity index (χ4v) is 5.68. The van der Waals surface area contributed by atoms with Gasteiger partial charge in [0.25, 0.3) is 0 Å². The molecule has 3 aromatic heterocycles. The monoisotopic (exact) mass is 426 g/mol. The summed E-state index contributed by atoms with van der Waals surface area (Å²) in [5, 5.41) is 7.24. The number of carbonyl (C=O) groups is 1. The lowest BCUT2D eigenvalue weighted by Gasteiger charge is -2.35. The molecule has 0 saturated carbocycles. The maximum absolute atomic E-state index is 13.2. The van der Waals surface area contributed by atoms with Crippen molar-refractivity contribution < 1.29 is 9.53 Å². The van der Waals surface area contributed by atoms with Crippen molar-refractivity contribution in [2.45, 2.75) is 12.5 Å². The number of anilines is 2. The van der Waals surface area contributed by atoms with E-state index in [1.54, 1.807) is 28.9 Å². The molecular formula is C21H22N4O2S2. The summed E-state index contributed by atoms with van der Waals surface area (Å²) in [6.07, 6.45) is 2.64. The van der Waals surface area contributed by atoms with E-state index in [1.165, 1.54) is 15.3 Å². The lowest BCUT2D eigenvalue weighted by molar-refractivity contribution is 0.122. The van der Waals surface area contributed by atoms with Crippen LogP contribution in [0.25, 0.3) is 0 Å². The van der Waals surface area contributed by atoms with Crippen LogP contribution in [0.5, 0.6) is 0 Å². The first-order valence-electron chi connectivity index (χ1n) is 9.75. The highest BCUT2D eigenvalue weighted by Crippen LogP contribution is 2.39. The number of nitrogens with one attached hydrogen (secondary N) is 1. The normalized spacial score (nSPS) is 19.1. The number of hydrogen-bond donors (Lipinski definition) is 1. The van der Waals surface area contributed by atoms with Gasteiger partial charge >= 0.3 is 6.03 Å². The molecule has 1 N–H and O–H groups in total. The van der Waals surface area contributed by atoms with Gasteiger partial charge in [-0.3, -0.25) is 0 Å². The molecule has 2 aliphatic heterocycles. The van der Waals surface area contributed by atoms with Crippen molar-refractivity contribution in [1.82, 2.24) is 9.88 Å². The molecule has 150 valence electrons. The van der Waals surface area contributed by atoms with E-state index in [-0.39, 0.29) is 12.1 Å².